The number of aromatic nitrogens is 4. The lowest BCUT2D eigenvalue weighted by Crippen LogP contribution is -2.38. The molecule has 0 bridgehead atoms. The Morgan fingerprint density at radius 3 is 2.69 bits per heavy atom. The number of nitrogens with two attached hydrogens (primary N) is 1. The highest BCUT2D eigenvalue weighted by atomic mass is 16.7. The number of anilines is 3. The largest absolute Gasteiger partial charge is 0.453 e. The molecule has 2 aromatic heterocycles. The van der Waals surface area contributed by atoms with Gasteiger partial charge in [0.15, 0.2) is 17.1 Å². The van der Waals surface area contributed by atoms with Gasteiger partial charge in [0.2, 0.25) is 6.79 Å². The average molecular weight is 571 g/mol. The topological polar surface area (TPSA) is 150 Å². The summed E-state index contributed by atoms with van der Waals surface area (Å²) in [5.74, 6) is 0.286. The lowest BCUT2D eigenvalue weighted by molar-refractivity contribution is -0.191. The fraction of sp³-hybridized carbons (Fsp3) is 0.276. The van der Waals surface area contributed by atoms with Crippen molar-refractivity contribution in [3.8, 4) is 22.8 Å². The second-order valence-electron chi connectivity index (χ2n) is 10.2. The molecule has 0 spiro atoms. The van der Waals surface area contributed by atoms with Gasteiger partial charge in [0.25, 0.3) is 5.91 Å². The molecule has 4 heterocycles. The molecule has 1 saturated heterocycles. The standard InChI is InChI=1S/C29H30N8O5/c1-4-22(38)42-36-13-5-6-19(14-36)37-28-23(27(30)31-15-32-28)24(34-37)20-11-12-21(26-25(20)40-16-41-26)33-29(39)17-7-9-18(10-8-17)35(2)3/h4,7-12,15,19H,1,5-6,13-14,16H2,2-3H3,(H,33,39)(H2,30,31,32)/t19-/m0/s1. The van der Waals surface area contributed by atoms with Crippen LogP contribution in [0.1, 0.15) is 29.2 Å². The third kappa shape index (κ3) is 4.94. The first-order valence-corrected chi connectivity index (χ1v) is 13.4. The van der Waals surface area contributed by atoms with Crippen molar-refractivity contribution in [2.75, 3.05) is 49.9 Å². The molecule has 1 fully saturated rings. The zero-order chi connectivity index (χ0) is 29.4. The van der Waals surface area contributed by atoms with Crippen LogP contribution >= 0.6 is 0 Å². The molecule has 0 saturated carbocycles. The summed E-state index contributed by atoms with van der Waals surface area (Å²) < 4.78 is 13.5. The number of hydrogen-bond donors (Lipinski definition) is 2. The van der Waals surface area contributed by atoms with E-state index in [9.17, 15) is 9.59 Å². The van der Waals surface area contributed by atoms with Crippen molar-refractivity contribution >= 4 is 40.1 Å². The number of carbonyl (C=O) groups is 2. The maximum Gasteiger partial charge on any atom is 0.349 e. The van der Waals surface area contributed by atoms with Crippen molar-refractivity contribution in [1.29, 1.82) is 0 Å². The predicted molar refractivity (Wildman–Crippen MR) is 156 cm³/mol. The molecule has 0 unspecified atom stereocenters. The second kappa shape index (κ2) is 11.0. The van der Waals surface area contributed by atoms with Crippen molar-refractivity contribution in [3.05, 3.63) is 60.9 Å². The van der Waals surface area contributed by atoms with Crippen LogP contribution in [0.15, 0.2) is 55.4 Å². The molecule has 6 rings (SSSR count). The Balaban J connectivity index is 1.35. The number of benzene rings is 2. The van der Waals surface area contributed by atoms with E-state index in [0.29, 0.717) is 58.1 Å². The SMILES string of the molecule is C=CC(=O)ON1CCC[C@H](n2nc(-c3ccc(NC(=O)c4ccc(N(C)C)cc4)c4c3OCO4)c3c(N)ncnc32)C1. The van der Waals surface area contributed by atoms with Crippen LogP contribution in [0.25, 0.3) is 22.3 Å². The maximum atomic E-state index is 13.1. The van der Waals surface area contributed by atoms with Gasteiger partial charge >= 0.3 is 5.97 Å². The van der Waals surface area contributed by atoms with Gasteiger partial charge in [-0.25, -0.2) is 19.4 Å². The molecule has 42 heavy (non-hydrogen) atoms. The van der Waals surface area contributed by atoms with E-state index in [-0.39, 0.29) is 24.6 Å². The van der Waals surface area contributed by atoms with Crippen LogP contribution in [0.3, 0.4) is 0 Å². The quantitative estimate of drug-likeness (QED) is 0.315. The lowest BCUT2D eigenvalue weighted by atomic mass is 10.1. The third-order valence-electron chi connectivity index (χ3n) is 7.28. The van der Waals surface area contributed by atoms with Gasteiger partial charge < -0.3 is 30.3 Å². The normalized spacial score (nSPS) is 16.3. The van der Waals surface area contributed by atoms with Gasteiger partial charge in [-0.1, -0.05) is 6.58 Å². The van der Waals surface area contributed by atoms with Crippen molar-refractivity contribution in [3.63, 3.8) is 0 Å². The minimum Gasteiger partial charge on any atom is -0.453 e. The van der Waals surface area contributed by atoms with E-state index in [0.717, 1.165) is 24.6 Å². The molecular weight excluding hydrogens is 540 g/mol. The number of amides is 1. The summed E-state index contributed by atoms with van der Waals surface area (Å²) in [6, 6.07) is 10.7. The van der Waals surface area contributed by atoms with Crippen molar-refractivity contribution in [2.45, 2.75) is 18.9 Å². The number of fused-ring (bicyclic) bond motifs is 2. The summed E-state index contributed by atoms with van der Waals surface area (Å²) >= 11 is 0. The fourth-order valence-electron chi connectivity index (χ4n) is 5.19. The van der Waals surface area contributed by atoms with E-state index in [2.05, 4.69) is 21.9 Å². The van der Waals surface area contributed by atoms with Crippen LogP contribution in [-0.2, 0) is 9.63 Å². The highest BCUT2D eigenvalue weighted by Gasteiger charge is 2.31. The van der Waals surface area contributed by atoms with E-state index in [1.165, 1.54) is 6.33 Å². The van der Waals surface area contributed by atoms with Crippen LogP contribution in [0.4, 0.5) is 17.2 Å². The van der Waals surface area contributed by atoms with Crippen molar-refractivity contribution in [2.24, 2.45) is 0 Å². The fourth-order valence-corrected chi connectivity index (χ4v) is 5.19. The highest BCUT2D eigenvalue weighted by molar-refractivity contribution is 6.06. The van der Waals surface area contributed by atoms with Crippen LogP contribution in [0.2, 0.25) is 0 Å². The molecule has 2 aliphatic heterocycles. The molecule has 3 N–H and O–H groups in total. The van der Waals surface area contributed by atoms with Gasteiger partial charge in [-0.05, 0) is 49.2 Å². The van der Waals surface area contributed by atoms with Gasteiger partial charge in [-0.3, -0.25) is 4.79 Å². The van der Waals surface area contributed by atoms with Gasteiger partial charge in [-0.15, -0.1) is 5.06 Å². The number of carbonyl (C=O) groups excluding carboxylic acids is 2. The van der Waals surface area contributed by atoms with Crippen molar-refractivity contribution < 1.29 is 23.9 Å². The van der Waals surface area contributed by atoms with Gasteiger partial charge in [0, 0.05) is 43.5 Å². The molecule has 0 radical (unpaired) electrons. The van der Waals surface area contributed by atoms with Gasteiger partial charge in [0.05, 0.1) is 23.7 Å². The van der Waals surface area contributed by atoms with Crippen LogP contribution in [-0.4, -0.2) is 70.7 Å². The molecule has 4 aromatic rings. The predicted octanol–water partition coefficient (Wildman–Crippen LogP) is 3.40. The van der Waals surface area contributed by atoms with E-state index in [1.54, 1.807) is 34.0 Å². The van der Waals surface area contributed by atoms with Crippen LogP contribution < -0.4 is 25.4 Å². The monoisotopic (exact) mass is 570 g/mol. The van der Waals surface area contributed by atoms with E-state index >= 15 is 0 Å². The average Bonchev–Trinajstić information content (AvgIpc) is 3.64. The Labute approximate surface area is 241 Å². The smallest absolute Gasteiger partial charge is 0.349 e. The first-order chi connectivity index (χ1) is 20.3. The van der Waals surface area contributed by atoms with E-state index in [4.69, 9.17) is 25.1 Å². The van der Waals surface area contributed by atoms with Crippen LogP contribution in [0.5, 0.6) is 11.5 Å². The molecule has 13 nitrogen and oxygen atoms in total. The summed E-state index contributed by atoms with van der Waals surface area (Å²) in [6.07, 6.45) is 4.10. The van der Waals surface area contributed by atoms with E-state index in [1.807, 2.05) is 31.1 Å². The molecule has 1 amide bonds. The zero-order valence-corrected chi connectivity index (χ0v) is 23.2. The minimum atomic E-state index is -0.515. The summed E-state index contributed by atoms with van der Waals surface area (Å²) in [4.78, 5) is 40.9. The molecular formula is C29H30N8O5. The lowest BCUT2D eigenvalue weighted by Gasteiger charge is -2.31. The Bertz CT molecular complexity index is 1680. The molecule has 2 aliphatic rings. The number of hydroxylamine groups is 2. The first-order valence-electron chi connectivity index (χ1n) is 13.4. The number of nitrogen functional groups attached to an aromatic ring is 1. The number of nitrogens with one attached hydrogen (secondary N) is 1. The Morgan fingerprint density at radius 1 is 1.14 bits per heavy atom. The zero-order valence-electron chi connectivity index (χ0n) is 23.2. The summed E-state index contributed by atoms with van der Waals surface area (Å²) in [5, 5.41) is 10.0. The number of rotatable bonds is 7. The number of hydrogen-bond acceptors (Lipinski definition) is 11. The van der Waals surface area contributed by atoms with Gasteiger partial charge in [-0.2, -0.15) is 5.10 Å². The second-order valence-corrected chi connectivity index (χ2v) is 10.2. The summed E-state index contributed by atoms with van der Waals surface area (Å²) in [5.41, 5.74) is 10.00. The number of piperidine rings is 1. The molecule has 216 valence electrons. The molecule has 0 aliphatic carbocycles. The Kier molecular flexibility index (Phi) is 7.08. The Hall–Kier alpha value is -5.17. The number of ether oxygens (including phenoxy) is 2. The first kappa shape index (κ1) is 27.0. The molecule has 2 aromatic carbocycles. The van der Waals surface area contributed by atoms with E-state index < -0.39 is 5.97 Å². The highest BCUT2D eigenvalue weighted by Crippen LogP contribution is 2.48. The minimum absolute atomic E-state index is 0.0242. The summed E-state index contributed by atoms with van der Waals surface area (Å²) in [6.45, 7) is 4.46. The maximum absolute atomic E-state index is 13.1. The molecule has 13 heteroatoms. The van der Waals surface area contributed by atoms with Crippen LogP contribution in [0, 0.1) is 0 Å². The number of nitrogens with zero attached hydrogens (tertiary/aromatic N) is 6. The summed E-state index contributed by atoms with van der Waals surface area (Å²) in [7, 11) is 3.88. The van der Waals surface area contributed by atoms with Gasteiger partial charge in [0.1, 0.15) is 17.8 Å². The third-order valence-corrected chi connectivity index (χ3v) is 7.28. The Morgan fingerprint density at radius 2 is 1.93 bits per heavy atom. The van der Waals surface area contributed by atoms with Crippen molar-refractivity contribution in [1.82, 2.24) is 24.8 Å². The molecule has 1 atom stereocenters.